The summed E-state index contributed by atoms with van der Waals surface area (Å²) >= 11 is 6.02. The second-order valence-corrected chi connectivity index (χ2v) is 4.90. The molecule has 4 nitrogen and oxygen atoms in total. The van der Waals surface area contributed by atoms with Crippen LogP contribution in [0.4, 0.5) is 10.5 Å². The highest BCUT2D eigenvalue weighted by atomic mass is 35.5. The van der Waals surface area contributed by atoms with Crippen LogP contribution >= 0.6 is 11.6 Å². The number of hydrogen-bond donors (Lipinski definition) is 2. The number of likely N-dealkylation sites (tertiary alicyclic amines) is 1. The molecule has 1 fully saturated rings. The van der Waals surface area contributed by atoms with Gasteiger partial charge in [-0.05, 0) is 31.4 Å². The van der Waals surface area contributed by atoms with E-state index in [1.165, 1.54) is 0 Å². The third-order valence-electron chi connectivity index (χ3n) is 3.28. The molecule has 2 amide bonds. The van der Waals surface area contributed by atoms with Gasteiger partial charge in [0, 0.05) is 19.1 Å². The summed E-state index contributed by atoms with van der Waals surface area (Å²) in [7, 11) is 0. The Labute approximate surface area is 112 Å². The first-order chi connectivity index (χ1) is 8.72. The van der Waals surface area contributed by atoms with E-state index in [2.05, 4.69) is 5.32 Å². The van der Waals surface area contributed by atoms with Gasteiger partial charge in [0.05, 0.1) is 10.7 Å². The van der Waals surface area contributed by atoms with Crippen molar-refractivity contribution in [2.24, 2.45) is 5.73 Å². The van der Waals surface area contributed by atoms with Crippen molar-refractivity contribution in [3.8, 4) is 0 Å². The molecule has 5 heteroatoms. The third-order valence-corrected chi connectivity index (χ3v) is 3.61. The summed E-state index contributed by atoms with van der Waals surface area (Å²) in [6.45, 7) is 1.27. The van der Waals surface area contributed by atoms with E-state index in [1.54, 1.807) is 12.1 Å². The molecular weight excluding hydrogens is 250 g/mol. The number of rotatable bonds is 2. The predicted molar refractivity (Wildman–Crippen MR) is 73.9 cm³/mol. The lowest BCUT2D eigenvalue weighted by Crippen LogP contribution is -2.49. The number of nitrogens with zero attached hydrogens (tertiary/aromatic N) is 1. The van der Waals surface area contributed by atoms with Crippen molar-refractivity contribution in [1.82, 2.24) is 4.90 Å². The van der Waals surface area contributed by atoms with Gasteiger partial charge in [0.25, 0.3) is 0 Å². The zero-order valence-corrected chi connectivity index (χ0v) is 11.0. The average molecular weight is 268 g/mol. The number of para-hydroxylation sites is 1. The van der Waals surface area contributed by atoms with Crippen LogP contribution in [-0.4, -0.2) is 30.1 Å². The molecule has 0 spiro atoms. The first-order valence-electron chi connectivity index (χ1n) is 6.24. The van der Waals surface area contributed by atoms with Crippen molar-refractivity contribution in [1.29, 1.82) is 0 Å². The van der Waals surface area contributed by atoms with E-state index in [-0.39, 0.29) is 12.1 Å². The Bertz CT molecular complexity index is 424. The van der Waals surface area contributed by atoms with Gasteiger partial charge in [0.15, 0.2) is 0 Å². The van der Waals surface area contributed by atoms with Crippen molar-refractivity contribution in [2.45, 2.75) is 25.3 Å². The molecule has 0 saturated carbocycles. The van der Waals surface area contributed by atoms with Crippen molar-refractivity contribution < 1.29 is 4.79 Å². The molecule has 1 saturated heterocycles. The summed E-state index contributed by atoms with van der Waals surface area (Å²) in [5.41, 5.74) is 6.35. The molecule has 1 aliphatic rings. The molecule has 0 aliphatic carbocycles. The number of carbonyl (C=O) groups excluding carboxylic acids is 1. The lowest BCUT2D eigenvalue weighted by Gasteiger charge is -2.35. The fourth-order valence-electron chi connectivity index (χ4n) is 2.26. The topological polar surface area (TPSA) is 58.4 Å². The largest absolute Gasteiger partial charge is 0.328 e. The highest BCUT2D eigenvalue weighted by Crippen LogP contribution is 2.22. The molecule has 0 radical (unpaired) electrons. The minimum Gasteiger partial charge on any atom is -0.328 e. The van der Waals surface area contributed by atoms with Gasteiger partial charge in [-0.1, -0.05) is 23.7 Å². The van der Waals surface area contributed by atoms with Gasteiger partial charge >= 0.3 is 6.03 Å². The third kappa shape index (κ3) is 2.94. The number of anilines is 1. The van der Waals surface area contributed by atoms with Crippen LogP contribution in [0.15, 0.2) is 24.3 Å². The van der Waals surface area contributed by atoms with Gasteiger partial charge in [-0.25, -0.2) is 4.79 Å². The van der Waals surface area contributed by atoms with E-state index in [4.69, 9.17) is 17.3 Å². The lowest BCUT2D eigenvalue weighted by molar-refractivity contribution is 0.166. The molecule has 0 bridgehead atoms. The number of nitrogens with one attached hydrogen (secondary N) is 1. The number of piperidine rings is 1. The second kappa shape index (κ2) is 6.07. The van der Waals surface area contributed by atoms with Crippen molar-refractivity contribution in [3.05, 3.63) is 29.3 Å². The van der Waals surface area contributed by atoms with Crippen molar-refractivity contribution in [2.75, 3.05) is 18.4 Å². The minimum absolute atomic E-state index is 0.113. The number of carbonyl (C=O) groups is 1. The Hall–Kier alpha value is -1.26. The van der Waals surface area contributed by atoms with Crippen LogP contribution in [-0.2, 0) is 0 Å². The summed E-state index contributed by atoms with van der Waals surface area (Å²) < 4.78 is 0. The molecule has 1 heterocycles. The summed E-state index contributed by atoms with van der Waals surface area (Å²) in [5.74, 6) is 0. The van der Waals surface area contributed by atoms with Crippen LogP contribution in [0.25, 0.3) is 0 Å². The number of halogens is 1. The minimum atomic E-state index is -0.113. The maximum Gasteiger partial charge on any atom is 0.322 e. The highest BCUT2D eigenvalue weighted by molar-refractivity contribution is 6.33. The zero-order valence-electron chi connectivity index (χ0n) is 10.2. The molecule has 2 rings (SSSR count). The molecule has 1 aliphatic heterocycles. The van der Waals surface area contributed by atoms with Crippen LogP contribution in [0, 0.1) is 0 Å². The molecule has 1 aromatic rings. The van der Waals surface area contributed by atoms with Crippen LogP contribution in [0.3, 0.4) is 0 Å². The molecule has 1 atom stereocenters. The summed E-state index contributed by atoms with van der Waals surface area (Å²) in [6, 6.07) is 7.26. The molecule has 1 unspecified atom stereocenters. The Morgan fingerprint density at radius 1 is 1.44 bits per heavy atom. The maximum atomic E-state index is 12.2. The monoisotopic (exact) mass is 267 g/mol. The highest BCUT2D eigenvalue weighted by Gasteiger charge is 2.25. The van der Waals surface area contributed by atoms with Crippen LogP contribution in [0.1, 0.15) is 19.3 Å². The standard InChI is InChI=1S/C13H18ClN3O/c14-11-6-1-2-7-12(11)16-13(18)17-8-4-3-5-10(17)9-15/h1-2,6-7,10H,3-5,8-9,15H2,(H,16,18). The van der Waals surface area contributed by atoms with Gasteiger partial charge in [-0.3, -0.25) is 0 Å². The summed E-state index contributed by atoms with van der Waals surface area (Å²) in [4.78, 5) is 14.0. The zero-order chi connectivity index (χ0) is 13.0. The Balaban J connectivity index is 2.05. The first kappa shape index (κ1) is 13.2. The second-order valence-electron chi connectivity index (χ2n) is 4.49. The van der Waals surface area contributed by atoms with Crippen LogP contribution in [0.2, 0.25) is 5.02 Å². The van der Waals surface area contributed by atoms with Crippen molar-refractivity contribution in [3.63, 3.8) is 0 Å². The fourth-order valence-corrected chi connectivity index (χ4v) is 2.45. The molecular formula is C13H18ClN3O. The Morgan fingerprint density at radius 2 is 2.22 bits per heavy atom. The van der Waals surface area contributed by atoms with E-state index >= 15 is 0 Å². The van der Waals surface area contributed by atoms with Gasteiger partial charge < -0.3 is 16.0 Å². The molecule has 18 heavy (non-hydrogen) atoms. The van der Waals surface area contributed by atoms with Crippen molar-refractivity contribution >= 4 is 23.3 Å². The smallest absolute Gasteiger partial charge is 0.322 e. The summed E-state index contributed by atoms with van der Waals surface area (Å²) in [6.07, 6.45) is 3.15. The van der Waals surface area contributed by atoms with E-state index in [9.17, 15) is 4.79 Å². The predicted octanol–water partition coefficient (Wildman–Crippen LogP) is 2.69. The van der Waals surface area contributed by atoms with Crippen LogP contribution < -0.4 is 11.1 Å². The SMILES string of the molecule is NCC1CCCCN1C(=O)Nc1ccccc1Cl. The molecule has 0 aromatic heterocycles. The number of urea groups is 1. The quantitative estimate of drug-likeness (QED) is 0.866. The first-order valence-corrected chi connectivity index (χ1v) is 6.62. The number of amides is 2. The van der Waals surface area contributed by atoms with Crippen LogP contribution in [0.5, 0.6) is 0 Å². The fraction of sp³-hybridized carbons (Fsp3) is 0.462. The number of hydrogen-bond acceptors (Lipinski definition) is 2. The van der Waals surface area contributed by atoms with Gasteiger partial charge in [-0.2, -0.15) is 0 Å². The van der Waals surface area contributed by atoms with E-state index in [0.29, 0.717) is 17.3 Å². The van der Waals surface area contributed by atoms with E-state index < -0.39 is 0 Å². The lowest BCUT2D eigenvalue weighted by atomic mass is 10.0. The maximum absolute atomic E-state index is 12.2. The molecule has 1 aromatic carbocycles. The summed E-state index contributed by atoms with van der Waals surface area (Å²) in [5, 5.41) is 3.39. The Kier molecular flexibility index (Phi) is 4.44. The van der Waals surface area contributed by atoms with Gasteiger partial charge in [0.2, 0.25) is 0 Å². The van der Waals surface area contributed by atoms with E-state index in [1.807, 2.05) is 17.0 Å². The van der Waals surface area contributed by atoms with Gasteiger partial charge in [-0.15, -0.1) is 0 Å². The normalized spacial score (nSPS) is 19.7. The van der Waals surface area contributed by atoms with E-state index in [0.717, 1.165) is 25.8 Å². The number of benzene rings is 1. The molecule has 98 valence electrons. The average Bonchev–Trinajstić information content (AvgIpc) is 2.41. The number of nitrogens with two attached hydrogens (primary N) is 1. The Morgan fingerprint density at radius 3 is 2.94 bits per heavy atom. The molecule has 3 N–H and O–H groups in total. The van der Waals surface area contributed by atoms with Gasteiger partial charge in [0.1, 0.15) is 0 Å².